The van der Waals surface area contributed by atoms with Crippen LogP contribution in [0.3, 0.4) is 0 Å². The zero-order valence-corrected chi connectivity index (χ0v) is 29.5. The number of aromatic nitrogens is 2. The molecule has 0 radical (unpaired) electrons. The van der Waals surface area contributed by atoms with Gasteiger partial charge in [0.15, 0.2) is 0 Å². The predicted molar refractivity (Wildman–Crippen MR) is 188 cm³/mol. The van der Waals surface area contributed by atoms with Crippen molar-refractivity contribution in [3.8, 4) is 34.1 Å². The first-order valence-corrected chi connectivity index (χ1v) is 17.4. The number of carbonyl (C=O) groups is 1. The number of hydrogen-bond acceptors (Lipinski definition) is 7. The maximum Gasteiger partial charge on any atom is 0.418 e. The van der Waals surface area contributed by atoms with Crippen LogP contribution in [0.1, 0.15) is 78.5 Å². The Balaban J connectivity index is 1.26. The predicted octanol–water partition coefficient (Wildman–Crippen LogP) is 8.18. The van der Waals surface area contributed by atoms with Crippen LogP contribution in [-0.4, -0.2) is 52.0 Å². The lowest BCUT2D eigenvalue weighted by molar-refractivity contribution is -0.139. The lowest BCUT2D eigenvalue weighted by Gasteiger charge is -2.41. The summed E-state index contributed by atoms with van der Waals surface area (Å²) in [5.41, 5.74) is 4.67. The number of aliphatic carboxylic acids is 1. The first-order valence-electron chi connectivity index (χ1n) is 17.0. The standard InChI is InChI=1S/C39H41ClF3N3O5/c1-38(49)19-25(20-38)44-21-24-14-16-32(45-37(24)51-3)30-11-6-10-29(35(30)40)27-9-5-8-26-22(13-15-28(26)27)18-33-31(39(41,42)43)17-23(36(46-33)50-2)7-4-12-34(47)48/h5-6,8-11,14,16-17,22,25,44,49H,4,7,12-13,15,18-21H2,1-3H3,(H,47,48)/t22-,25?,38?/m1/s1. The molecule has 6 rings (SSSR count). The fourth-order valence-electron chi connectivity index (χ4n) is 7.47. The van der Waals surface area contributed by atoms with E-state index in [2.05, 4.69) is 10.3 Å². The van der Waals surface area contributed by atoms with Gasteiger partial charge in [0.2, 0.25) is 11.8 Å². The topological polar surface area (TPSA) is 114 Å². The van der Waals surface area contributed by atoms with Crippen LogP contribution < -0.4 is 14.8 Å². The number of hydrogen-bond donors (Lipinski definition) is 3. The highest BCUT2D eigenvalue weighted by Crippen LogP contribution is 2.45. The van der Waals surface area contributed by atoms with Gasteiger partial charge in [0.05, 0.1) is 41.8 Å². The number of halogens is 4. The van der Waals surface area contributed by atoms with Gasteiger partial charge in [-0.2, -0.15) is 13.2 Å². The van der Waals surface area contributed by atoms with Gasteiger partial charge >= 0.3 is 12.1 Å². The Labute approximate surface area is 300 Å². The molecule has 8 nitrogen and oxygen atoms in total. The van der Waals surface area contributed by atoms with Crippen molar-refractivity contribution in [3.63, 3.8) is 0 Å². The molecule has 1 atom stereocenters. The summed E-state index contributed by atoms with van der Waals surface area (Å²) < 4.78 is 54.1. The van der Waals surface area contributed by atoms with E-state index in [9.17, 15) is 23.1 Å². The van der Waals surface area contributed by atoms with Crippen molar-refractivity contribution in [2.75, 3.05) is 14.2 Å². The summed E-state index contributed by atoms with van der Waals surface area (Å²) in [4.78, 5) is 20.1. The SMILES string of the molecule is COc1nc(-c2cccc(-c3cccc4c3CC[C@@H]4Cc3nc(OC)c(CCCC(=O)O)cc3C(F)(F)F)c2Cl)ccc1CNC1CC(C)(O)C1. The number of fused-ring (bicyclic) bond motifs is 1. The van der Waals surface area contributed by atoms with Gasteiger partial charge in [-0.1, -0.05) is 54.1 Å². The van der Waals surface area contributed by atoms with Crippen LogP contribution in [0.5, 0.6) is 11.8 Å². The summed E-state index contributed by atoms with van der Waals surface area (Å²) in [6.07, 6.45) is -1.78. The van der Waals surface area contributed by atoms with E-state index in [1.165, 1.54) is 7.11 Å². The van der Waals surface area contributed by atoms with Crippen LogP contribution in [0.4, 0.5) is 13.2 Å². The van der Waals surface area contributed by atoms with Crippen molar-refractivity contribution in [2.45, 2.75) is 88.6 Å². The molecule has 12 heteroatoms. The third kappa shape index (κ3) is 8.00. The number of carboxylic acids is 1. The molecule has 0 bridgehead atoms. The molecule has 1 saturated carbocycles. The molecule has 4 aromatic rings. The molecule has 2 aliphatic carbocycles. The van der Waals surface area contributed by atoms with Crippen LogP contribution >= 0.6 is 11.6 Å². The Morgan fingerprint density at radius 3 is 2.37 bits per heavy atom. The largest absolute Gasteiger partial charge is 0.481 e. The number of methoxy groups -OCH3 is 2. The van der Waals surface area contributed by atoms with Crippen LogP contribution in [0, 0.1) is 0 Å². The lowest BCUT2D eigenvalue weighted by Crippen LogP contribution is -2.51. The summed E-state index contributed by atoms with van der Waals surface area (Å²) in [6.45, 7) is 2.38. The lowest BCUT2D eigenvalue weighted by atomic mass is 9.77. The molecule has 0 aliphatic heterocycles. The van der Waals surface area contributed by atoms with Gasteiger partial charge in [-0.25, -0.2) is 9.97 Å². The molecule has 51 heavy (non-hydrogen) atoms. The Bertz CT molecular complexity index is 1930. The minimum atomic E-state index is -4.64. The molecular weight excluding hydrogens is 683 g/mol. The molecule has 2 heterocycles. The van der Waals surface area contributed by atoms with Crippen molar-refractivity contribution in [2.24, 2.45) is 0 Å². The minimum absolute atomic E-state index is 0.0653. The summed E-state index contributed by atoms with van der Waals surface area (Å²) in [6, 6.07) is 16.8. The highest BCUT2D eigenvalue weighted by Gasteiger charge is 2.39. The van der Waals surface area contributed by atoms with Gasteiger partial charge in [0.1, 0.15) is 0 Å². The van der Waals surface area contributed by atoms with Crippen molar-refractivity contribution >= 4 is 17.6 Å². The van der Waals surface area contributed by atoms with Gasteiger partial charge < -0.3 is 25.0 Å². The molecule has 0 spiro atoms. The number of rotatable bonds is 13. The average Bonchev–Trinajstić information content (AvgIpc) is 3.49. The van der Waals surface area contributed by atoms with Crippen molar-refractivity contribution in [1.82, 2.24) is 15.3 Å². The minimum Gasteiger partial charge on any atom is -0.481 e. The van der Waals surface area contributed by atoms with E-state index >= 15 is 0 Å². The van der Waals surface area contributed by atoms with E-state index in [1.54, 1.807) is 7.11 Å². The van der Waals surface area contributed by atoms with E-state index < -0.39 is 23.3 Å². The van der Waals surface area contributed by atoms with Gasteiger partial charge in [0.25, 0.3) is 0 Å². The second-order valence-electron chi connectivity index (χ2n) is 13.7. The quantitative estimate of drug-likeness (QED) is 0.127. The molecule has 0 unspecified atom stereocenters. The molecular formula is C39H41ClF3N3O5. The molecule has 2 aliphatic rings. The summed E-state index contributed by atoms with van der Waals surface area (Å²) >= 11 is 7.11. The first kappa shape index (κ1) is 36.6. The van der Waals surface area contributed by atoms with Gasteiger partial charge in [0, 0.05) is 41.3 Å². The second kappa shape index (κ2) is 14.8. The number of benzene rings is 2. The van der Waals surface area contributed by atoms with E-state index in [0.29, 0.717) is 48.8 Å². The summed E-state index contributed by atoms with van der Waals surface area (Å²) in [5.74, 6) is -0.664. The van der Waals surface area contributed by atoms with Crippen LogP contribution in [-0.2, 0) is 36.8 Å². The molecule has 1 fully saturated rings. The van der Waals surface area contributed by atoms with E-state index in [4.69, 9.17) is 31.2 Å². The number of nitrogens with one attached hydrogen (secondary N) is 1. The normalized spacial score (nSPS) is 19.8. The zero-order valence-electron chi connectivity index (χ0n) is 28.7. The number of aryl methyl sites for hydroxylation is 1. The van der Waals surface area contributed by atoms with Crippen molar-refractivity contribution in [1.29, 1.82) is 0 Å². The number of aliphatic hydroxyl groups is 1. The number of carboxylic acid groups (broad SMARTS) is 1. The van der Waals surface area contributed by atoms with Crippen LogP contribution in [0.2, 0.25) is 5.02 Å². The molecule has 2 aromatic carbocycles. The Kier molecular flexibility index (Phi) is 10.6. The molecule has 0 amide bonds. The van der Waals surface area contributed by atoms with E-state index in [-0.39, 0.29) is 54.8 Å². The Morgan fingerprint density at radius 1 is 1.00 bits per heavy atom. The highest BCUT2D eigenvalue weighted by molar-refractivity contribution is 6.36. The molecule has 0 saturated heterocycles. The highest BCUT2D eigenvalue weighted by atomic mass is 35.5. The maximum absolute atomic E-state index is 14.4. The molecule has 2 aromatic heterocycles. The number of ether oxygens (including phenoxy) is 2. The fourth-order valence-corrected chi connectivity index (χ4v) is 7.79. The second-order valence-corrected chi connectivity index (χ2v) is 14.1. The molecule has 270 valence electrons. The van der Waals surface area contributed by atoms with Gasteiger partial charge in [-0.3, -0.25) is 4.79 Å². The summed E-state index contributed by atoms with van der Waals surface area (Å²) in [5, 5.41) is 23.0. The monoisotopic (exact) mass is 723 g/mol. The molecule has 3 N–H and O–H groups in total. The summed E-state index contributed by atoms with van der Waals surface area (Å²) in [7, 11) is 2.93. The smallest absolute Gasteiger partial charge is 0.418 e. The first-order chi connectivity index (χ1) is 24.3. The van der Waals surface area contributed by atoms with Gasteiger partial charge in [-0.05, 0) is 86.6 Å². The number of nitrogens with zero attached hydrogens (tertiary/aromatic N) is 2. The van der Waals surface area contributed by atoms with Gasteiger partial charge in [-0.15, -0.1) is 0 Å². The zero-order chi connectivity index (χ0) is 36.5. The third-order valence-electron chi connectivity index (χ3n) is 9.96. The fraction of sp³-hybridized carbons (Fsp3) is 0.410. The number of alkyl halides is 3. The van der Waals surface area contributed by atoms with E-state index in [0.717, 1.165) is 39.4 Å². The Hall–Kier alpha value is -4.19. The Morgan fingerprint density at radius 2 is 1.69 bits per heavy atom. The van der Waals surface area contributed by atoms with E-state index in [1.807, 2.05) is 55.5 Å². The van der Waals surface area contributed by atoms with Crippen LogP contribution in [0.15, 0.2) is 54.6 Å². The van der Waals surface area contributed by atoms with Crippen molar-refractivity contribution < 1.29 is 37.7 Å². The van der Waals surface area contributed by atoms with Crippen molar-refractivity contribution in [3.05, 3.63) is 93.1 Å². The van der Waals surface area contributed by atoms with Crippen LogP contribution in [0.25, 0.3) is 22.4 Å². The number of pyridine rings is 2. The average molecular weight is 724 g/mol. The maximum atomic E-state index is 14.4. The third-order valence-corrected chi connectivity index (χ3v) is 10.4.